The molecule has 0 spiro atoms. The van der Waals surface area contributed by atoms with Crippen molar-refractivity contribution in [3.63, 3.8) is 0 Å². The first-order valence-electron chi connectivity index (χ1n) is 5.67. The smallest absolute Gasteiger partial charge is 0.334 e. The molecule has 0 radical (unpaired) electrons. The largest absolute Gasteiger partial charge is 0.479 e. The maximum absolute atomic E-state index is 12.3. The van der Waals surface area contributed by atoms with E-state index in [-0.39, 0.29) is 19.1 Å². The number of nitrogens with zero attached hydrogens (tertiary/aromatic N) is 1. The SMILES string of the molecule is Nc1cc(Br)cc(C(=O)N2CCOC(C(=O)O)C2)c1. The van der Waals surface area contributed by atoms with Gasteiger partial charge in [0.1, 0.15) is 0 Å². The molecular formula is C12H13BrN2O4. The Bertz CT molecular complexity index is 500. The molecule has 1 aromatic rings. The van der Waals surface area contributed by atoms with Crippen molar-refractivity contribution in [2.45, 2.75) is 6.10 Å². The molecule has 1 heterocycles. The van der Waals surface area contributed by atoms with Gasteiger partial charge in [-0.3, -0.25) is 4.79 Å². The van der Waals surface area contributed by atoms with Crippen LogP contribution in [-0.4, -0.2) is 47.7 Å². The Morgan fingerprint density at radius 3 is 2.79 bits per heavy atom. The highest BCUT2D eigenvalue weighted by molar-refractivity contribution is 9.10. The third-order valence-corrected chi connectivity index (χ3v) is 3.25. The average Bonchev–Trinajstić information content (AvgIpc) is 2.37. The number of hydrogen-bond donors (Lipinski definition) is 2. The number of carboxylic acid groups (broad SMARTS) is 1. The molecule has 7 heteroatoms. The third kappa shape index (κ3) is 3.24. The van der Waals surface area contributed by atoms with Crippen LogP contribution >= 0.6 is 15.9 Å². The Labute approximate surface area is 118 Å². The van der Waals surface area contributed by atoms with Gasteiger partial charge in [-0.05, 0) is 18.2 Å². The van der Waals surface area contributed by atoms with E-state index in [0.717, 1.165) is 0 Å². The summed E-state index contributed by atoms with van der Waals surface area (Å²) < 4.78 is 5.78. The fraction of sp³-hybridized carbons (Fsp3) is 0.333. The van der Waals surface area contributed by atoms with Gasteiger partial charge in [-0.25, -0.2) is 4.79 Å². The molecule has 3 N–H and O–H groups in total. The van der Waals surface area contributed by atoms with Gasteiger partial charge in [0.25, 0.3) is 5.91 Å². The molecule has 1 aliphatic rings. The molecule has 1 aromatic carbocycles. The second kappa shape index (κ2) is 5.58. The van der Waals surface area contributed by atoms with Crippen LogP contribution in [0, 0.1) is 0 Å². The van der Waals surface area contributed by atoms with E-state index >= 15 is 0 Å². The van der Waals surface area contributed by atoms with Crippen molar-refractivity contribution < 1.29 is 19.4 Å². The van der Waals surface area contributed by atoms with Gasteiger partial charge < -0.3 is 20.5 Å². The number of rotatable bonds is 2. The number of amides is 1. The molecule has 19 heavy (non-hydrogen) atoms. The maximum atomic E-state index is 12.3. The van der Waals surface area contributed by atoms with E-state index in [9.17, 15) is 9.59 Å². The molecule has 1 atom stereocenters. The molecule has 2 rings (SSSR count). The topological polar surface area (TPSA) is 92.9 Å². The van der Waals surface area contributed by atoms with Gasteiger partial charge >= 0.3 is 5.97 Å². The van der Waals surface area contributed by atoms with Gasteiger partial charge in [-0.2, -0.15) is 0 Å². The van der Waals surface area contributed by atoms with Gasteiger partial charge in [-0.15, -0.1) is 0 Å². The van der Waals surface area contributed by atoms with E-state index in [1.807, 2.05) is 0 Å². The third-order valence-electron chi connectivity index (χ3n) is 2.80. The molecule has 1 unspecified atom stereocenters. The number of ether oxygens (including phenoxy) is 1. The summed E-state index contributed by atoms with van der Waals surface area (Å²) in [4.78, 5) is 24.6. The van der Waals surface area contributed by atoms with Crippen molar-refractivity contribution in [2.75, 3.05) is 25.4 Å². The molecular weight excluding hydrogens is 316 g/mol. The number of halogens is 1. The predicted molar refractivity (Wildman–Crippen MR) is 71.8 cm³/mol. The molecule has 1 aliphatic heterocycles. The van der Waals surface area contributed by atoms with E-state index in [1.165, 1.54) is 4.90 Å². The summed E-state index contributed by atoms with van der Waals surface area (Å²) >= 11 is 3.27. The van der Waals surface area contributed by atoms with Crippen molar-refractivity contribution in [1.29, 1.82) is 0 Å². The summed E-state index contributed by atoms with van der Waals surface area (Å²) in [5.41, 5.74) is 6.58. The molecule has 6 nitrogen and oxygen atoms in total. The highest BCUT2D eigenvalue weighted by Crippen LogP contribution is 2.19. The lowest BCUT2D eigenvalue weighted by atomic mass is 10.1. The van der Waals surface area contributed by atoms with Crippen LogP contribution in [0.2, 0.25) is 0 Å². The zero-order chi connectivity index (χ0) is 14.0. The minimum Gasteiger partial charge on any atom is -0.479 e. The Morgan fingerprint density at radius 2 is 2.16 bits per heavy atom. The van der Waals surface area contributed by atoms with Crippen molar-refractivity contribution in [2.24, 2.45) is 0 Å². The summed E-state index contributed by atoms with van der Waals surface area (Å²) in [5, 5.41) is 8.91. The zero-order valence-corrected chi connectivity index (χ0v) is 11.6. The number of aliphatic carboxylic acids is 1. The van der Waals surface area contributed by atoms with Crippen LogP contribution in [0.3, 0.4) is 0 Å². The van der Waals surface area contributed by atoms with E-state index in [4.69, 9.17) is 15.6 Å². The van der Waals surface area contributed by atoms with Gasteiger partial charge in [-0.1, -0.05) is 15.9 Å². The molecule has 102 valence electrons. The summed E-state index contributed by atoms with van der Waals surface area (Å²) in [5.74, 6) is -1.31. The first kappa shape index (κ1) is 13.8. The summed E-state index contributed by atoms with van der Waals surface area (Å²) in [6.45, 7) is 0.627. The molecule has 0 bridgehead atoms. The van der Waals surface area contributed by atoms with Crippen LogP contribution in [-0.2, 0) is 9.53 Å². The van der Waals surface area contributed by atoms with Crippen LogP contribution in [0.4, 0.5) is 5.69 Å². The minimum atomic E-state index is -1.06. The zero-order valence-electron chi connectivity index (χ0n) is 10.0. The van der Waals surface area contributed by atoms with E-state index in [1.54, 1.807) is 18.2 Å². The maximum Gasteiger partial charge on any atom is 0.334 e. The number of carboxylic acids is 1. The monoisotopic (exact) mass is 328 g/mol. The van der Waals surface area contributed by atoms with Crippen LogP contribution in [0.25, 0.3) is 0 Å². The van der Waals surface area contributed by atoms with Gasteiger partial charge in [0.15, 0.2) is 6.10 Å². The second-order valence-electron chi connectivity index (χ2n) is 4.22. The molecule has 0 aromatic heterocycles. The van der Waals surface area contributed by atoms with E-state index < -0.39 is 12.1 Å². The average molecular weight is 329 g/mol. The molecule has 0 aliphatic carbocycles. The Hall–Kier alpha value is -1.60. The van der Waals surface area contributed by atoms with Gasteiger partial charge in [0.2, 0.25) is 0 Å². The number of nitrogen functional groups attached to an aromatic ring is 1. The molecule has 1 saturated heterocycles. The van der Waals surface area contributed by atoms with Gasteiger partial charge in [0.05, 0.1) is 13.2 Å². The number of morpholine rings is 1. The van der Waals surface area contributed by atoms with E-state index in [0.29, 0.717) is 22.3 Å². The van der Waals surface area contributed by atoms with Crippen molar-refractivity contribution in [3.05, 3.63) is 28.2 Å². The lowest BCUT2D eigenvalue weighted by Gasteiger charge is -2.31. The Balaban J connectivity index is 2.16. The molecule has 1 fully saturated rings. The highest BCUT2D eigenvalue weighted by Gasteiger charge is 2.29. The second-order valence-corrected chi connectivity index (χ2v) is 5.14. The van der Waals surface area contributed by atoms with Crippen LogP contribution in [0.15, 0.2) is 22.7 Å². The summed E-state index contributed by atoms with van der Waals surface area (Å²) in [6.07, 6.45) is -0.970. The van der Waals surface area contributed by atoms with Crippen molar-refractivity contribution in [3.8, 4) is 0 Å². The lowest BCUT2D eigenvalue weighted by molar-refractivity contribution is -0.154. The number of carbonyl (C=O) groups is 2. The van der Waals surface area contributed by atoms with Crippen LogP contribution in [0.1, 0.15) is 10.4 Å². The van der Waals surface area contributed by atoms with Crippen molar-refractivity contribution in [1.82, 2.24) is 4.90 Å². The Morgan fingerprint density at radius 1 is 1.42 bits per heavy atom. The standard InChI is InChI=1S/C12H13BrN2O4/c13-8-3-7(4-9(14)5-8)11(16)15-1-2-19-10(6-15)12(17)18/h3-5,10H,1-2,6,14H2,(H,17,18). The van der Waals surface area contributed by atoms with Crippen LogP contribution < -0.4 is 5.73 Å². The molecule has 0 saturated carbocycles. The van der Waals surface area contributed by atoms with Crippen molar-refractivity contribution >= 4 is 33.5 Å². The number of benzene rings is 1. The van der Waals surface area contributed by atoms with E-state index in [2.05, 4.69) is 15.9 Å². The summed E-state index contributed by atoms with van der Waals surface area (Å²) in [6, 6.07) is 4.92. The molecule has 1 amide bonds. The fourth-order valence-corrected chi connectivity index (χ4v) is 2.41. The lowest BCUT2D eigenvalue weighted by Crippen LogP contribution is -2.48. The summed E-state index contributed by atoms with van der Waals surface area (Å²) in [7, 11) is 0. The fourth-order valence-electron chi connectivity index (χ4n) is 1.90. The highest BCUT2D eigenvalue weighted by atomic mass is 79.9. The number of anilines is 1. The quantitative estimate of drug-likeness (QED) is 0.789. The number of hydrogen-bond acceptors (Lipinski definition) is 4. The minimum absolute atomic E-state index is 0.0422. The number of carbonyl (C=O) groups excluding carboxylic acids is 1. The van der Waals surface area contributed by atoms with Gasteiger partial charge in [0, 0.05) is 22.3 Å². The van der Waals surface area contributed by atoms with Crippen LogP contribution in [0.5, 0.6) is 0 Å². The Kier molecular flexibility index (Phi) is 4.06. The first-order valence-corrected chi connectivity index (χ1v) is 6.46. The number of nitrogens with two attached hydrogens (primary N) is 1. The first-order chi connectivity index (χ1) is 8.97. The normalized spacial score (nSPS) is 19.2. The predicted octanol–water partition coefficient (Wildman–Crippen LogP) is 0.957.